The predicted molar refractivity (Wildman–Crippen MR) is 56.8 cm³/mol. The number of aryl methyl sites for hydroxylation is 1. The first kappa shape index (κ1) is 12.1. The summed E-state index contributed by atoms with van der Waals surface area (Å²) in [5.41, 5.74) is 3.19. The lowest BCUT2D eigenvalue weighted by Crippen LogP contribution is -3.00. The lowest BCUT2D eigenvalue weighted by Gasteiger charge is -2.04. The van der Waals surface area contributed by atoms with Crippen LogP contribution in [0.3, 0.4) is 0 Å². The van der Waals surface area contributed by atoms with E-state index in [1.165, 1.54) is 5.56 Å². The second-order valence-electron chi connectivity index (χ2n) is 3.08. The Balaban J connectivity index is 0.00000112. The molecule has 0 spiro atoms. The molecule has 2 aromatic rings. The fourth-order valence-corrected chi connectivity index (χ4v) is 1.46. The lowest BCUT2D eigenvalue weighted by atomic mass is 10.1. The van der Waals surface area contributed by atoms with Crippen molar-refractivity contribution in [2.24, 2.45) is 0 Å². The molecule has 0 N–H and O–H groups in total. The summed E-state index contributed by atoms with van der Waals surface area (Å²) in [6.45, 7) is 2.13. The first-order valence-electron chi connectivity index (χ1n) is 4.77. The van der Waals surface area contributed by atoms with Gasteiger partial charge in [-0.2, -0.15) is 0 Å². The minimum Gasteiger partial charge on any atom is -1.00 e. The number of hydrogen-bond acceptors (Lipinski definition) is 2. The average Bonchev–Trinajstić information content (AvgIpc) is 2.30. The van der Waals surface area contributed by atoms with E-state index in [4.69, 9.17) is 0 Å². The minimum absolute atomic E-state index is 0. The van der Waals surface area contributed by atoms with Crippen molar-refractivity contribution in [3.05, 3.63) is 48.3 Å². The predicted octanol–water partition coefficient (Wildman–Crippen LogP) is -0.290. The van der Waals surface area contributed by atoms with Crippen LogP contribution < -0.4 is 24.0 Å². The van der Waals surface area contributed by atoms with Gasteiger partial charge in [-0.25, -0.2) is 0 Å². The van der Waals surface area contributed by atoms with Crippen molar-refractivity contribution >= 4 is 0 Å². The molecule has 78 valence electrons. The Morgan fingerprint density at radius 2 is 1.80 bits per heavy atom. The van der Waals surface area contributed by atoms with Gasteiger partial charge in [0.25, 0.3) is 0 Å². The number of aromatic nitrogens is 2. The molecule has 0 aliphatic heterocycles. The Morgan fingerprint density at radius 1 is 1.00 bits per heavy atom. The van der Waals surface area contributed by atoms with Gasteiger partial charge >= 0.3 is 0 Å². The fourth-order valence-electron chi connectivity index (χ4n) is 1.46. The van der Waals surface area contributed by atoms with E-state index in [-0.39, 0.29) is 24.0 Å². The van der Waals surface area contributed by atoms with Crippen LogP contribution in [0.15, 0.2) is 42.7 Å². The van der Waals surface area contributed by atoms with Crippen LogP contribution in [0.2, 0.25) is 0 Å². The van der Waals surface area contributed by atoms with Crippen LogP contribution in [0.25, 0.3) is 11.4 Å². The molecule has 3 heteroatoms. The Labute approximate surface area is 107 Å². The smallest absolute Gasteiger partial charge is 0.0917 e. The van der Waals surface area contributed by atoms with Crippen LogP contribution in [0.5, 0.6) is 0 Å². The quantitative estimate of drug-likeness (QED) is 0.713. The highest BCUT2D eigenvalue weighted by Gasteiger charge is 2.03. The third-order valence-corrected chi connectivity index (χ3v) is 2.18. The summed E-state index contributed by atoms with van der Waals surface area (Å²) in [7, 11) is 0. The molecule has 2 heterocycles. The molecule has 2 rings (SSSR count). The van der Waals surface area contributed by atoms with Crippen molar-refractivity contribution in [3.8, 4) is 11.4 Å². The summed E-state index contributed by atoms with van der Waals surface area (Å²) in [4.78, 5) is 8.65. The summed E-state index contributed by atoms with van der Waals surface area (Å²) in [5, 5.41) is 0. The molecule has 0 radical (unpaired) electrons. The maximum Gasteiger partial charge on any atom is 0.0917 e. The third-order valence-electron chi connectivity index (χ3n) is 2.18. The largest absolute Gasteiger partial charge is 1.00 e. The molecule has 0 aliphatic rings. The van der Waals surface area contributed by atoms with Gasteiger partial charge in [0.05, 0.1) is 11.4 Å². The number of pyridine rings is 2. The van der Waals surface area contributed by atoms with Crippen LogP contribution in [-0.4, -0.2) is 9.97 Å². The first-order valence-corrected chi connectivity index (χ1v) is 4.77. The van der Waals surface area contributed by atoms with Crippen LogP contribution in [0.4, 0.5) is 0 Å². The molecule has 0 aromatic carbocycles. The summed E-state index contributed by atoms with van der Waals surface area (Å²) in [6, 6.07) is 9.94. The molecule has 15 heavy (non-hydrogen) atoms. The van der Waals surface area contributed by atoms with Gasteiger partial charge in [-0.1, -0.05) is 19.1 Å². The van der Waals surface area contributed by atoms with Gasteiger partial charge < -0.3 is 24.0 Å². The molecule has 0 aliphatic carbocycles. The van der Waals surface area contributed by atoms with E-state index in [2.05, 4.69) is 23.0 Å². The molecule has 0 saturated heterocycles. The van der Waals surface area contributed by atoms with Crippen molar-refractivity contribution in [3.63, 3.8) is 0 Å². The highest BCUT2D eigenvalue weighted by molar-refractivity contribution is 5.58. The molecule has 0 bridgehead atoms. The second-order valence-corrected chi connectivity index (χ2v) is 3.08. The SMILES string of the molecule is CCc1cccnc1-c1ccccn1.[I-]. The van der Waals surface area contributed by atoms with Crippen molar-refractivity contribution in [2.45, 2.75) is 13.3 Å². The maximum absolute atomic E-state index is 4.36. The summed E-state index contributed by atoms with van der Waals surface area (Å²) in [6.07, 6.45) is 4.59. The van der Waals surface area contributed by atoms with Crippen LogP contribution in [0, 0.1) is 0 Å². The van der Waals surface area contributed by atoms with Crippen LogP contribution >= 0.6 is 0 Å². The number of halogens is 1. The van der Waals surface area contributed by atoms with Crippen molar-refractivity contribution in [2.75, 3.05) is 0 Å². The Kier molecular flexibility index (Phi) is 4.68. The maximum atomic E-state index is 4.36. The zero-order valence-corrected chi connectivity index (χ0v) is 10.7. The standard InChI is InChI=1S/C12H12N2.HI/c1-2-10-6-5-9-14-12(10)11-7-3-4-8-13-11;/h3-9H,2H2,1H3;1H/p-1. The Bertz CT molecular complexity index is 415. The Hall–Kier alpha value is -0.970. The summed E-state index contributed by atoms with van der Waals surface area (Å²) >= 11 is 0. The molecule has 0 fully saturated rings. The van der Waals surface area contributed by atoms with Gasteiger partial charge in [-0.05, 0) is 30.2 Å². The van der Waals surface area contributed by atoms with Crippen molar-refractivity contribution in [1.29, 1.82) is 0 Å². The van der Waals surface area contributed by atoms with Crippen LogP contribution in [0.1, 0.15) is 12.5 Å². The monoisotopic (exact) mass is 311 g/mol. The molecular weight excluding hydrogens is 299 g/mol. The number of rotatable bonds is 2. The van der Waals surface area contributed by atoms with E-state index >= 15 is 0 Å². The van der Waals surface area contributed by atoms with Gasteiger partial charge in [0.1, 0.15) is 0 Å². The average molecular weight is 311 g/mol. The van der Waals surface area contributed by atoms with Crippen molar-refractivity contribution in [1.82, 2.24) is 9.97 Å². The summed E-state index contributed by atoms with van der Waals surface area (Å²) < 4.78 is 0. The minimum atomic E-state index is 0. The number of hydrogen-bond donors (Lipinski definition) is 0. The molecule has 0 unspecified atom stereocenters. The van der Waals surface area contributed by atoms with Crippen molar-refractivity contribution < 1.29 is 24.0 Å². The molecule has 0 amide bonds. The van der Waals surface area contributed by atoms with Crippen LogP contribution in [-0.2, 0) is 6.42 Å². The highest BCUT2D eigenvalue weighted by atomic mass is 127. The Morgan fingerprint density at radius 3 is 2.47 bits per heavy atom. The molecule has 0 saturated carbocycles. The second kappa shape index (κ2) is 5.80. The van der Waals surface area contributed by atoms with E-state index in [0.29, 0.717) is 0 Å². The van der Waals surface area contributed by atoms with E-state index in [1.807, 2.05) is 30.5 Å². The van der Waals surface area contributed by atoms with E-state index < -0.39 is 0 Å². The van der Waals surface area contributed by atoms with Gasteiger partial charge in [0.2, 0.25) is 0 Å². The van der Waals surface area contributed by atoms with Gasteiger partial charge in [0.15, 0.2) is 0 Å². The zero-order valence-electron chi connectivity index (χ0n) is 8.52. The molecule has 0 atom stereocenters. The van der Waals surface area contributed by atoms with E-state index in [9.17, 15) is 0 Å². The zero-order chi connectivity index (χ0) is 9.80. The third kappa shape index (κ3) is 2.75. The topological polar surface area (TPSA) is 25.8 Å². The normalized spacial score (nSPS) is 9.40. The molecule has 2 aromatic heterocycles. The lowest BCUT2D eigenvalue weighted by molar-refractivity contribution is -0.00000297. The van der Waals surface area contributed by atoms with E-state index in [0.717, 1.165) is 17.8 Å². The summed E-state index contributed by atoms with van der Waals surface area (Å²) in [5.74, 6) is 0. The molecular formula is C12H12IN2-. The van der Waals surface area contributed by atoms with Gasteiger partial charge in [-0.15, -0.1) is 0 Å². The first-order chi connectivity index (χ1) is 6.92. The van der Waals surface area contributed by atoms with Gasteiger partial charge in [0, 0.05) is 12.4 Å². The highest BCUT2D eigenvalue weighted by Crippen LogP contribution is 2.18. The molecule has 2 nitrogen and oxygen atoms in total. The van der Waals surface area contributed by atoms with E-state index in [1.54, 1.807) is 6.20 Å². The van der Waals surface area contributed by atoms with Gasteiger partial charge in [-0.3, -0.25) is 9.97 Å². The number of nitrogens with zero attached hydrogens (tertiary/aromatic N) is 2. The fraction of sp³-hybridized carbons (Fsp3) is 0.167.